The van der Waals surface area contributed by atoms with Crippen LogP contribution in [0.5, 0.6) is 0 Å². The quantitative estimate of drug-likeness (QED) is 0.884. The molecule has 1 aliphatic heterocycles. The summed E-state index contributed by atoms with van der Waals surface area (Å²) in [5.41, 5.74) is 1.40. The Labute approximate surface area is 115 Å². The van der Waals surface area contributed by atoms with Crippen LogP contribution in [0.15, 0.2) is 24.3 Å². The van der Waals surface area contributed by atoms with Crippen molar-refractivity contribution >= 4 is 11.6 Å². The highest BCUT2D eigenvalue weighted by atomic mass is 35.5. The highest BCUT2D eigenvalue weighted by Gasteiger charge is 2.27. The lowest BCUT2D eigenvalue weighted by atomic mass is 10.0. The van der Waals surface area contributed by atoms with Gasteiger partial charge >= 0.3 is 0 Å². The van der Waals surface area contributed by atoms with Crippen molar-refractivity contribution in [3.8, 4) is 0 Å². The number of rotatable bonds is 2. The van der Waals surface area contributed by atoms with Crippen LogP contribution in [0.25, 0.3) is 0 Å². The van der Waals surface area contributed by atoms with Gasteiger partial charge in [0.1, 0.15) is 0 Å². The van der Waals surface area contributed by atoms with Crippen LogP contribution in [-0.4, -0.2) is 29.6 Å². The van der Waals surface area contributed by atoms with Crippen molar-refractivity contribution in [3.05, 3.63) is 34.9 Å². The van der Waals surface area contributed by atoms with E-state index < -0.39 is 0 Å². The minimum atomic E-state index is 0.173. The number of benzene rings is 1. The molecule has 0 saturated carbocycles. The second kappa shape index (κ2) is 5.60. The molecular formula is C15H23ClN2. The molecular weight excluding hydrogens is 244 g/mol. The Morgan fingerprint density at radius 2 is 2.11 bits per heavy atom. The van der Waals surface area contributed by atoms with Crippen molar-refractivity contribution in [2.24, 2.45) is 0 Å². The zero-order chi connectivity index (χ0) is 13.2. The third kappa shape index (κ3) is 3.47. The van der Waals surface area contributed by atoms with E-state index in [1.165, 1.54) is 12.0 Å². The maximum atomic E-state index is 6.26. The molecule has 0 bridgehead atoms. The third-order valence-corrected chi connectivity index (χ3v) is 4.09. The minimum Gasteiger partial charge on any atom is -0.310 e. The van der Waals surface area contributed by atoms with Gasteiger partial charge in [0.15, 0.2) is 0 Å². The number of halogens is 1. The van der Waals surface area contributed by atoms with Crippen LogP contribution >= 0.6 is 11.6 Å². The Morgan fingerprint density at radius 3 is 2.83 bits per heavy atom. The van der Waals surface area contributed by atoms with E-state index in [-0.39, 0.29) is 5.54 Å². The minimum absolute atomic E-state index is 0.173. The Kier molecular flexibility index (Phi) is 4.31. The summed E-state index contributed by atoms with van der Waals surface area (Å²) in [7, 11) is 0. The normalized spacial score (nSPS) is 24.8. The Hall–Kier alpha value is -0.570. The van der Waals surface area contributed by atoms with Crippen LogP contribution in [-0.2, 0) is 6.54 Å². The fraction of sp³-hybridized carbons (Fsp3) is 0.600. The molecule has 1 aromatic carbocycles. The molecule has 1 N–H and O–H groups in total. The number of hydrogen-bond acceptors (Lipinski definition) is 2. The van der Waals surface area contributed by atoms with Crippen LogP contribution in [0.3, 0.4) is 0 Å². The first-order valence-corrected chi connectivity index (χ1v) is 7.08. The molecule has 1 aromatic rings. The van der Waals surface area contributed by atoms with Gasteiger partial charge in [0.25, 0.3) is 0 Å². The maximum Gasteiger partial charge on any atom is 0.0451 e. The van der Waals surface area contributed by atoms with Gasteiger partial charge in [0.2, 0.25) is 0 Å². The van der Waals surface area contributed by atoms with Crippen molar-refractivity contribution in [1.82, 2.24) is 10.2 Å². The predicted octanol–water partition coefficient (Wildman–Crippen LogP) is 3.30. The van der Waals surface area contributed by atoms with Gasteiger partial charge in [-0.3, -0.25) is 4.90 Å². The third-order valence-electron chi connectivity index (χ3n) is 3.72. The van der Waals surface area contributed by atoms with Crippen LogP contribution < -0.4 is 5.32 Å². The van der Waals surface area contributed by atoms with Crippen LogP contribution in [0, 0.1) is 0 Å². The highest BCUT2D eigenvalue weighted by molar-refractivity contribution is 6.31. The van der Waals surface area contributed by atoms with Crippen molar-refractivity contribution in [3.63, 3.8) is 0 Å². The molecule has 1 aliphatic rings. The fourth-order valence-corrected chi connectivity index (χ4v) is 2.77. The Balaban J connectivity index is 2.13. The van der Waals surface area contributed by atoms with Crippen LogP contribution in [0.4, 0.5) is 0 Å². The van der Waals surface area contributed by atoms with Gasteiger partial charge in [-0.05, 0) is 45.4 Å². The average Bonchev–Trinajstić information content (AvgIpc) is 2.41. The first-order chi connectivity index (χ1) is 8.48. The van der Waals surface area contributed by atoms with E-state index in [4.69, 9.17) is 11.6 Å². The van der Waals surface area contributed by atoms with Gasteiger partial charge in [-0.25, -0.2) is 0 Å². The topological polar surface area (TPSA) is 15.3 Å². The summed E-state index contributed by atoms with van der Waals surface area (Å²) in [4.78, 5) is 2.53. The molecule has 1 heterocycles. The number of nitrogens with one attached hydrogen (secondary N) is 1. The zero-order valence-electron chi connectivity index (χ0n) is 11.5. The second-order valence-electron chi connectivity index (χ2n) is 5.94. The maximum absolute atomic E-state index is 6.26. The van der Waals surface area contributed by atoms with Crippen molar-refractivity contribution < 1.29 is 0 Å². The summed E-state index contributed by atoms with van der Waals surface area (Å²) in [6, 6.07) is 8.75. The SMILES string of the molecule is CC1CCNC(C)(C)CN1Cc1ccccc1Cl. The van der Waals surface area contributed by atoms with Gasteiger partial charge in [-0.2, -0.15) is 0 Å². The summed E-state index contributed by atoms with van der Waals surface area (Å²) in [6.45, 7) is 9.92. The molecule has 1 unspecified atom stereocenters. The van der Waals surface area contributed by atoms with E-state index in [1.54, 1.807) is 0 Å². The van der Waals surface area contributed by atoms with Gasteiger partial charge in [-0.1, -0.05) is 29.8 Å². The molecule has 1 fully saturated rings. The monoisotopic (exact) mass is 266 g/mol. The number of nitrogens with zero attached hydrogens (tertiary/aromatic N) is 1. The van der Waals surface area contributed by atoms with Gasteiger partial charge in [0.05, 0.1) is 0 Å². The highest BCUT2D eigenvalue weighted by Crippen LogP contribution is 2.22. The first kappa shape index (κ1) is 13.9. The lowest BCUT2D eigenvalue weighted by Crippen LogP contribution is -2.47. The standard InChI is InChI=1S/C15H23ClN2/c1-12-8-9-17-15(2,3)11-18(12)10-13-6-4-5-7-14(13)16/h4-7,12,17H,8-11H2,1-3H3. The van der Waals surface area contributed by atoms with E-state index in [0.717, 1.165) is 24.7 Å². The molecule has 1 atom stereocenters. The molecule has 18 heavy (non-hydrogen) atoms. The second-order valence-corrected chi connectivity index (χ2v) is 6.35. The number of hydrogen-bond donors (Lipinski definition) is 1. The molecule has 0 aliphatic carbocycles. The molecule has 2 rings (SSSR count). The summed E-state index contributed by atoms with van der Waals surface area (Å²) >= 11 is 6.26. The first-order valence-electron chi connectivity index (χ1n) is 6.70. The Morgan fingerprint density at radius 1 is 1.39 bits per heavy atom. The molecule has 0 radical (unpaired) electrons. The molecule has 1 saturated heterocycles. The summed E-state index contributed by atoms with van der Waals surface area (Å²) in [6.07, 6.45) is 1.19. The summed E-state index contributed by atoms with van der Waals surface area (Å²) in [5, 5.41) is 4.48. The summed E-state index contributed by atoms with van der Waals surface area (Å²) in [5.74, 6) is 0. The molecule has 0 aromatic heterocycles. The van der Waals surface area contributed by atoms with E-state index in [2.05, 4.69) is 43.1 Å². The van der Waals surface area contributed by atoms with E-state index in [1.807, 2.05) is 12.1 Å². The van der Waals surface area contributed by atoms with Gasteiger partial charge in [-0.15, -0.1) is 0 Å². The fourth-order valence-electron chi connectivity index (χ4n) is 2.58. The molecule has 2 nitrogen and oxygen atoms in total. The molecule has 0 spiro atoms. The lowest BCUT2D eigenvalue weighted by Gasteiger charge is -2.33. The lowest BCUT2D eigenvalue weighted by molar-refractivity contribution is 0.173. The predicted molar refractivity (Wildman–Crippen MR) is 78.0 cm³/mol. The smallest absolute Gasteiger partial charge is 0.0451 e. The molecule has 3 heteroatoms. The van der Waals surface area contributed by atoms with E-state index in [0.29, 0.717) is 6.04 Å². The molecule has 100 valence electrons. The largest absolute Gasteiger partial charge is 0.310 e. The van der Waals surface area contributed by atoms with E-state index >= 15 is 0 Å². The van der Waals surface area contributed by atoms with Crippen molar-refractivity contribution in [2.75, 3.05) is 13.1 Å². The van der Waals surface area contributed by atoms with Crippen LogP contribution in [0.2, 0.25) is 5.02 Å². The van der Waals surface area contributed by atoms with Crippen LogP contribution in [0.1, 0.15) is 32.8 Å². The van der Waals surface area contributed by atoms with Gasteiger partial charge in [0, 0.05) is 29.7 Å². The van der Waals surface area contributed by atoms with Crippen molar-refractivity contribution in [2.45, 2.75) is 45.3 Å². The zero-order valence-corrected chi connectivity index (χ0v) is 12.3. The van der Waals surface area contributed by atoms with E-state index in [9.17, 15) is 0 Å². The summed E-state index contributed by atoms with van der Waals surface area (Å²) < 4.78 is 0. The molecule has 0 amide bonds. The van der Waals surface area contributed by atoms with Crippen molar-refractivity contribution in [1.29, 1.82) is 0 Å². The average molecular weight is 267 g/mol. The van der Waals surface area contributed by atoms with Gasteiger partial charge < -0.3 is 5.32 Å². The Bertz CT molecular complexity index is 403.